The largest absolute Gasteiger partial charge is 0.465 e. The molecule has 3 unspecified atom stereocenters. The maximum absolute atomic E-state index is 11.4. The van der Waals surface area contributed by atoms with Gasteiger partial charge in [0.2, 0.25) is 0 Å². The first-order valence-corrected chi connectivity index (χ1v) is 7.32. The van der Waals surface area contributed by atoms with Gasteiger partial charge in [-0.1, -0.05) is 12.1 Å². The Balaban J connectivity index is 1.60. The van der Waals surface area contributed by atoms with Crippen molar-refractivity contribution in [3.8, 4) is 0 Å². The van der Waals surface area contributed by atoms with Crippen LogP contribution in [0, 0.1) is 11.8 Å². The maximum Gasteiger partial charge on any atom is 0.337 e. The first-order valence-electron chi connectivity index (χ1n) is 7.32. The van der Waals surface area contributed by atoms with Crippen molar-refractivity contribution in [1.82, 2.24) is 4.90 Å². The van der Waals surface area contributed by atoms with Crippen molar-refractivity contribution < 1.29 is 9.53 Å². The SMILES string of the molecule is COC(=O)c1ccc(CN2CC3CCC(N)C3C2)cc1. The second kappa shape index (κ2) is 5.54. The van der Waals surface area contributed by atoms with Crippen molar-refractivity contribution in [1.29, 1.82) is 0 Å². The third-order valence-electron chi connectivity index (χ3n) is 4.77. The molecule has 1 saturated heterocycles. The van der Waals surface area contributed by atoms with Crippen LogP contribution < -0.4 is 5.73 Å². The molecule has 20 heavy (non-hydrogen) atoms. The van der Waals surface area contributed by atoms with E-state index in [1.807, 2.05) is 24.3 Å². The summed E-state index contributed by atoms with van der Waals surface area (Å²) in [6.07, 6.45) is 2.47. The van der Waals surface area contributed by atoms with Crippen molar-refractivity contribution in [3.05, 3.63) is 35.4 Å². The molecule has 1 aromatic rings. The van der Waals surface area contributed by atoms with E-state index in [1.165, 1.54) is 25.5 Å². The smallest absolute Gasteiger partial charge is 0.337 e. The van der Waals surface area contributed by atoms with Gasteiger partial charge in [-0.3, -0.25) is 4.90 Å². The molecule has 1 heterocycles. The number of nitrogens with two attached hydrogens (primary N) is 1. The van der Waals surface area contributed by atoms with Gasteiger partial charge >= 0.3 is 5.97 Å². The lowest BCUT2D eigenvalue weighted by atomic mass is 9.98. The van der Waals surface area contributed by atoms with Crippen LogP contribution in [0.4, 0.5) is 0 Å². The lowest BCUT2D eigenvalue weighted by Gasteiger charge is -2.18. The van der Waals surface area contributed by atoms with Gasteiger partial charge < -0.3 is 10.5 Å². The highest BCUT2D eigenvalue weighted by Gasteiger charge is 2.40. The first kappa shape index (κ1) is 13.6. The minimum Gasteiger partial charge on any atom is -0.465 e. The number of esters is 1. The van der Waals surface area contributed by atoms with Gasteiger partial charge in [0.05, 0.1) is 12.7 Å². The van der Waals surface area contributed by atoms with Crippen LogP contribution in [0.3, 0.4) is 0 Å². The fourth-order valence-electron chi connectivity index (χ4n) is 3.65. The van der Waals surface area contributed by atoms with Crippen LogP contribution in [-0.4, -0.2) is 37.1 Å². The van der Waals surface area contributed by atoms with Crippen molar-refractivity contribution >= 4 is 5.97 Å². The molecule has 3 atom stereocenters. The Hall–Kier alpha value is -1.39. The molecule has 2 fully saturated rings. The standard InChI is InChI=1S/C16H22N2O2/c1-20-16(19)12-4-2-11(3-5-12)8-18-9-13-6-7-15(17)14(13)10-18/h2-5,13-15H,6-10,17H2,1H3. The Kier molecular flexibility index (Phi) is 3.76. The Morgan fingerprint density at radius 1 is 1.30 bits per heavy atom. The molecule has 0 amide bonds. The second-order valence-corrected chi connectivity index (χ2v) is 6.05. The van der Waals surface area contributed by atoms with Crippen molar-refractivity contribution in [2.75, 3.05) is 20.2 Å². The molecule has 1 saturated carbocycles. The van der Waals surface area contributed by atoms with E-state index in [2.05, 4.69) is 4.90 Å². The number of likely N-dealkylation sites (tertiary alicyclic amines) is 1. The van der Waals surface area contributed by atoms with E-state index in [0.29, 0.717) is 17.5 Å². The van der Waals surface area contributed by atoms with Crippen LogP contribution in [0.5, 0.6) is 0 Å². The van der Waals surface area contributed by atoms with E-state index in [9.17, 15) is 4.79 Å². The number of ether oxygens (including phenoxy) is 1. The van der Waals surface area contributed by atoms with E-state index >= 15 is 0 Å². The van der Waals surface area contributed by atoms with Gasteiger partial charge in [0.25, 0.3) is 0 Å². The third kappa shape index (κ3) is 2.58. The van der Waals surface area contributed by atoms with Crippen LogP contribution in [0.15, 0.2) is 24.3 Å². The van der Waals surface area contributed by atoms with Gasteiger partial charge in [-0.25, -0.2) is 4.79 Å². The van der Waals surface area contributed by atoms with E-state index in [-0.39, 0.29) is 5.97 Å². The maximum atomic E-state index is 11.4. The van der Waals surface area contributed by atoms with Gasteiger partial charge in [0.15, 0.2) is 0 Å². The molecular weight excluding hydrogens is 252 g/mol. The molecule has 1 aromatic carbocycles. The number of benzene rings is 1. The summed E-state index contributed by atoms with van der Waals surface area (Å²) >= 11 is 0. The Labute approximate surface area is 119 Å². The van der Waals surface area contributed by atoms with E-state index in [4.69, 9.17) is 10.5 Å². The fraction of sp³-hybridized carbons (Fsp3) is 0.562. The van der Waals surface area contributed by atoms with Crippen LogP contribution in [-0.2, 0) is 11.3 Å². The summed E-state index contributed by atoms with van der Waals surface area (Å²) in [4.78, 5) is 13.9. The zero-order valence-electron chi connectivity index (χ0n) is 11.9. The zero-order valence-corrected chi connectivity index (χ0v) is 11.9. The Morgan fingerprint density at radius 3 is 2.70 bits per heavy atom. The zero-order chi connectivity index (χ0) is 14.1. The van der Waals surface area contributed by atoms with Gasteiger partial charge in [0, 0.05) is 25.7 Å². The first-order chi connectivity index (χ1) is 9.67. The normalized spacial score (nSPS) is 29.4. The average Bonchev–Trinajstić information content (AvgIpc) is 3.01. The molecule has 0 spiro atoms. The third-order valence-corrected chi connectivity index (χ3v) is 4.77. The van der Waals surface area contributed by atoms with E-state index in [0.717, 1.165) is 25.6 Å². The topological polar surface area (TPSA) is 55.6 Å². The number of nitrogens with zero attached hydrogens (tertiary/aromatic N) is 1. The van der Waals surface area contributed by atoms with E-state index in [1.54, 1.807) is 0 Å². The minimum atomic E-state index is -0.279. The summed E-state index contributed by atoms with van der Waals surface area (Å²) in [5, 5.41) is 0. The summed E-state index contributed by atoms with van der Waals surface area (Å²) in [5.41, 5.74) is 8.02. The molecule has 108 valence electrons. The Morgan fingerprint density at radius 2 is 2.05 bits per heavy atom. The summed E-state index contributed by atoms with van der Waals surface area (Å²) in [5.74, 6) is 1.20. The van der Waals surface area contributed by atoms with Crippen LogP contribution >= 0.6 is 0 Å². The quantitative estimate of drug-likeness (QED) is 0.851. The molecular formula is C16H22N2O2. The number of carbonyl (C=O) groups excluding carboxylic acids is 1. The minimum absolute atomic E-state index is 0.279. The van der Waals surface area contributed by atoms with Crippen molar-refractivity contribution in [2.24, 2.45) is 17.6 Å². The summed E-state index contributed by atoms with van der Waals surface area (Å²) < 4.78 is 4.71. The van der Waals surface area contributed by atoms with Gasteiger partial charge in [-0.2, -0.15) is 0 Å². The number of fused-ring (bicyclic) bond motifs is 1. The summed E-state index contributed by atoms with van der Waals surface area (Å²) in [6.45, 7) is 3.23. The molecule has 4 heteroatoms. The molecule has 1 aliphatic carbocycles. The highest BCUT2D eigenvalue weighted by molar-refractivity contribution is 5.89. The predicted molar refractivity (Wildman–Crippen MR) is 77.2 cm³/mol. The average molecular weight is 274 g/mol. The van der Waals surface area contributed by atoms with E-state index < -0.39 is 0 Å². The Bertz CT molecular complexity index is 486. The molecule has 2 aliphatic rings. The van der Waals surface area contributed by atoms with Crippen molar-refractivity contribution in [2.45, 2.75) is 25.4 Å². The number of carbonyl (C=O) groups is 1. The molecule has 1 aliphatic heterocycles. The molecule has 0 aromatic heterocycles. The number of rotatable bonds is 3. The molecule has 3 rings (SSSR count). The number of hydrogen-bond donors (Lipinski definition) is 1. The second-order valence-electron chi connectivity index (χ2n) is 6.05. The predicted octanol–water partition coefficient (Wildman–Crippen LogP) is 1.64. The monoisotopic (exact) mass is 274 g/mol. The van der Waals surface area contributed by atoms with Crippen LogP contribution in [0.25, 0.3) is 0 Å². The molecule has 2 N–H and O–H groups in total. The fourth-order valence-corrected chi connectivity index (χ4v) is 3.65. The molecule has 4 nitrogen and oxygen atoms in total. The van der Waals surface area contributed by atoms with Crippen LogP contribution in [0.2, 0.25) is 0 Å². The van der Waals surface area contributed by atoms with Gasteiger partial charge in [0.1, 0.15) is 0 Å². The highest BCUT2D eigenvalue weighted by atomic mass is 16.5. The summed E-state index contributed by atoms with van der Waals surface area (Å²) in [6, 6.07) is 8.10. The lowest BCUT2D eigenvalue weighted by molar-refractivity contribution is 0.0600. The van der Waals surface area contributed by atoms with Gasteiger partial charge in [-0.15, -0.1) is 0 Å². The van der Waals surface area contributed by atoms with Crippen molar-refractivity contribution in [3.63, 3.8) is 0 Å². The molecule has 0 bridgehead atoms. The number of hydrogen-bond acceptors (Lipinski definition) is 4. The number of methoxy groups -OCH3 is 1. The van der Waals surface area contributed by atoms with Crippen LogP contribution in [0.1, 0.15) is 28.8 Å². The molecule has 0 radical (unpaired) electrons. The summed E-state index contributed by atoms with van der Waals surface area (Å²) in [7, 11) is 1.41. The lowest BCUT2D eigenvalue weighted by Crippen LogP contribution is -2.30. The highest BCUT2D eigenvalue weighted by Crippen LogP contribution is 2.37. The van der Waals surface area contributed by atoms with Gasteiger partial charge in [-0.05, 0) is 42.4 Å².